The van der Waals surface area contributed by atoms with Gasteiger partial charge in [0.05, 0.1) is 10.6 Å². The summed E-state index contributed by atoms with van der Waals surface area (Å²) in [5.74, 6) is 0.102. The van der Waals surface area contributed by atoms with Gasteiger partial charge in [-0.2, -0.15) is 0 Å². The molecule has 1 spiro atoms. The minimum atomic E-state index is -0.0281. The first-order valence-electron chi connectivity index (χ1n) is 7.00. The monoisotopic (exact) mass is 370 g/mol. The molecule has 0 bridgehead atoms. The molecule has 2 aliphatic heterocycles. The van der Waals surface area contributed by atoms with E-state index in [1.54, 1.807) is 12.1 Å². The first-order chi connectivity index (χ1) is 9.99. The quantitative estimate of drug-likeness (QED) is 0.825. The Kier molecular flexibility index (Phi) is 3.97. The number of piperidine rings is 1. The van der Waals surface area contributed by atoms with Crippen LogP contribution in [0.1, 0.15) is 29.6 Å². The Morgan fingerprint density at radius 3 is 2.62 bits per heavy atom. The molecule has 112 valence electrons. The second kappa shape index (κ2) is 5.61. The third-order valence-electron chi connectivity index (χ3n) is 4.47. The highest BCUT2D eigenvalue weighted by Gasteiger charge is 2.41. The Balaban J connectivity index is 1.69. The molecule has 2 fully saturated rings. The van der Waals surface area contributed by atoms with Crippen LogP contribution >= 0.6 is 27.5 Å². The summed E-state index contributed by atoms with van der Waals surface area (Å²) < 4.78 is 0.859. The van der Waals surface area contributed by atoms with Crippen LogP contribution in [0.15, 0.2) is 22.7 Å². The lowest BCUT2D eigenvalue weighted by atomic mass is 9.77. The van der Waals surface area contributed by atoms with Gasteiger partial charge in [0.25, 0.3) is 5.91 Å². The van der Waals surface area contributed by atoms with Crippen molar-refractivity contribution < 1.29 is 9.59 Å². The van der Waals surface area contributed by atoms with Crippen LogP contribution in [-0.4, -0.2) is 36.3 Å². The predicted octanol–water partition coefficient (Wildman–Crippen LogP) is 2.84. The molecule has 1 aromatic carbocycles. The fourth-order valence-electron chi connectivity index (χ4n) is 3.12. The highest BCUT2D eigenvalue weighted by atomic mass is 79.9. The van der Waals surface area contributed by atoms with E-state index in [2.05, 4.69) is 21.2 Å². The van der Waals surface area contributed by atoms with E-state index in [0.717, 1.165) is 23.9 Å². The predicted molar refractivity (Wildman–Crippen MR) is 84.3 cm³/mol. The van der Waals surface area contributed by atoms with Gasteiger partial charge in [0.15, 0.2) is 0 Å². The van der Waals surface area contributed by atoms with Crippen molar-refractivity contribution in [3.8, 4) is 0 Å². The maximum atomic E-state index is 12.5. The van der Waals surface area contributed by atoms with E-state index in [-0.39, 0.29) is 17.2 Å². The van der Waals surface area contributed by atoms with Crippen LogP contribution in [0.3, 0.4) is 0 Å². The Morgan fingerprint density at radius 1 is 1.33 bits per heavy atom. The van der Waals surface area contributed by atoms with Gasteiger partial charge >= 0.3 is 0 Å². The second-order valence-electron chi connectivity index (χ2n) is 5.87. The summed E-state index contributed by atoms with van der Waals surface area (Å²) in [5, 5.41) is 3.37. The lowest BCUT2D eigenvalue weighted by Crippen LogP contribution is -2.44. The first kappa shape index (κ1) is 14.9. The zero-order valence-electron chi connectivity index (χ0n) is 11.5. The normalized spacial score (nSPS) is 20.7. The lowest BCUT2D eigenvalue weighted by molar-refractivity contribution is -0.119. The highest BCUT2D eigenvalue weighted by Crippen LogP contribution is 2.38. The molecule has 6 heteroatoms. The van der Waals surface area contributed by atoms with Crippen molar-refractivity contribution in [3.05, 3.63) is 33.3 Å². The Hall–Kier alpha value is -1.07. The van der Waals surface area contributed by atoms with Gasteiger partial charge in [-0.25, -0.2) is 0 Å². The average Bonchev–Trinajstić information content (AvgIpc) is 2.80. The van der Waals surface area contributed by atoms with Crippen LogP contribution in [0.25, 0.3) is 0 Å². The molecule has 2 amide bonds. The summed E-state index contributed by atoms with van der Waals surface area (Å²) in [6, 6.07) is 5.31. The van der Waals surface area contributed by atoms with Crippen molar-refractivity contribution in [1.82, 2.24) is 10.2 Å². The van der Waals surface area contributed by atoms with E-state index < -0.39 is 0 Å². The van der Waals surface area contributed by atoms with E-state index in [0.29, 0.717) is 30.1 Å². The maximum absolute atomic E-state index is 12.5. The minimum Gasteiger partial charge on any atom is -0.356 e. The van der Waals surface area contributed by atoms with Crippen LogP contribution in [0.4, 0.5) is 0 Å². The summed E-state index contributed by atoms with van der Waals surface area (Å²) in [7, 11) is 0. The highest BCUT2D eigenvalue weighted by molar-refractivity contribution is 9.10. The van der Waals surface area contributed by atoms with Crippen molar-refractivity contribution in [3.63, 3.8) is 0 Å². The van der Waals surface area contributed by atoms with Crippen molar-refractivity contribution >= 4 is 39.3 Å². The number of carbonyl (C=O) groups is 2. The number of carbonyl (C=O) groups excluding carboxylic acids is 2. The number of amides is 2. The molecule has 21 heavy (non-hydrogen) atoms. The first-order valence-corrected chi connectivity index (χ1v) is 8.17. The summed E-state index contributed by atoms with van der Waals surface area (Å²) in [6.45, 7) is 2.10. The number of likely N-dealkylation sites (tertiary alicyclic amines) is 1. The number of hydrogen-bond acceptors (Lipinski definition) is 2. The van der Waals surface area contributed by atoms with Crippen molar-refractivity contribution in [2.24, 2.45) is 5.41 Å². The van der Waals surface area contributed by atoms with Crippen LogP contribution in [0.5, 0.6) is 0 Å². The van der Waals surface area contributed by atoms with Gasteiger partial charge in [-0.3, -0.25) is 9.59 Å². The van der Waals surface area contributed by atoms with E-state index in [1.807, 2.05) is 11.0 Å². The van der Waals surface area contributed by atoms with E-state index in [9.17, 15) is 9.59 Å². The molecule has 0 saturated carbocycles. The van der Waals surface area contributed by atoms with Crippen molar-refractivity contribution in [2.75, 3.05) is 19.6 Å². The van der Waals surface area contributed by atoms with E-state index >= 15 is 0 Å². The van der Waals surface area contributed by atoms with Crippen molar-refractivity contribution in [2.45, 2.75) is 19.3 Å². The van der Waals surface area contributed by atoms with Crippen molar-refractivity contribution in [1.29, 1.82) is 0 Å². The van der Waals surface area contributed by atoms with E-state index in [4.69, 9.17) is 11.6 Å². The van der Waals surface area contributed by atoms with Gasteiger partial charge in [0.1, 0.15) is 0 Å². The Bertz CT molecular complexity index is 597. The molecule has 0 aromatic heterocycles. The summed E-state index contributed by atoms with van der Waals surface area (Å²) in [6.07, 6.45) is 2.32. The third kappa shape index (κ3) is 2.94. The molecule has 0 aliphatic carbocycles. The molecule has 2 aliphatic rings. The third-order valence-corrected chi connectivity index (χ3v) is 5.27. The van der Waals surface area contributed by atoms with Gasteiger partial charge in [0.2, 0.25) is 5.91 Å². The smallest absolute Gasteiger partial charge is 0.255 e. The zero-order chi connectivity index (χ0) is 15.0. The van der Waals surface area contributed by atoms with Crippen LogP contribution in [0.2, 0.25) is 5.02 Å². The number of rotatable bonds is 1. The molecule has 2 heterocycles. The van der Waals surface area contributed by atoms with Gasteiger partial charge in [0, 0.05) is 30.5 Å². The number of nitrogens with one attached hydrogen (secondary N) is 1. The molecular formula is C15H16BrClN2O2. The molecule has 1 aromatic rings. The lowest BCUT2D eigenvalue weighted by Gasteiger charge is -2.38. The van der Waals surface area contributed by atoms with Crippen LogP contribution in [-0.2, 0) is 4.79 Å². The molecule has 0 radical (unpaired) electrons. The van der Waals surface area contributed by atoms with Crippen LogP contribution in [0, 0.1) is 5.41 Å². The zero-order valence-corrected chi connectivity index (χ0v) is 13.8. The summed E-state index contributed by atoms with van der Waals surface area (Å²) in [5.41, 5.74) is 0.591. The van der Waals surface area contributed by atoms with Gasteiger partial charge in [-0.15, -0.1) is 0 Å². The maximum Gasteiger partial charge on any atom is 0.255 e. The summed E-state index contributed by atoms with van der Waals surface area (Å²) in [4.78, 5) is 25.8. The molecular weight excluding hydrogens is 356 g/mol. The largest absolute Gasteiger partial charge is 0.356 e. The van der Waals surface area contributed by atoms with Gasteiger partial charge < -0.3 is 10.2 Å². The number of hydrogen-bond donors (Lipinski definition) is 1. The molecule has 0 unspecified atom stereocenters. The summed E-state index contributed by atoms with van der Waals surface area (Å²) >= 11 is 9.49. The number of halogens is 2. The fraction of sp³-hybridized carbons (Fsp3) is 0.467. The molecule has 4 nitrogen and oxygen atoms in total. The van der Waals surface area contributed by atoms with E-state index in [1.165, 1.54) is 0 Å². The molecule has 1 N–H and O–H groups in total. The Labute approximate surface area is 137 Å². The molecule has 2 saturated heterocycles. The van der Waals surface area contributed by atoms with Gasteiger partial charge in [-0.05, 0) is 36.5 Å². The standard InChI is InChI=1S/C15H16BrClN2O2/c16-10-1-2-11(12(17)7-10)14(21)19-5-3-15(4-6-19)8-13(20)18-9-15/h1-2,7H,3-6,8-9H2,(H,18,20). The number of benzene rings is 1. The molecule has 0 atom stereocenters. The SMILES string of the molecule is O=C1CC2(CCN(C(=O)c3ccc(Br)cc3Cl)CC2)CN1. The average molecular weight is 372 g/mol. The van der Waals surface area contributed by atoms with Gasteiger partial charge in [-0.1, -0.05) is 27.5 Å². The fourth-order valence-corrected chi connectivity index (χ4v) is 3.88. The molecule has 3 rings (SSSR count). The Morgan fingerprint density at radius 2 is 2.05 bits per heavy atom. The topological polar surface area (TPSA) is 49.4 Å². The van der Waals surface area contributed by atoms with Crippen LogP contribution < -0.4 is 5.32 Å². The second-order valence-corrected chi connectivity index (χ2v) is 7.19. The minimum absolute atomic E-state index is 0.0281. The number of nitrogens with zero attached hydrogens (tertiary/aromatic N) is 1.